The number of fused-ring (bicyclic) bond motifs is 5. The van der Waals surface area contributed by atoms with E-state index in [4.69, 9.17) is 29.7 Å². The highest BCUT2D eigenvalue weighted by Gasteiger charge is 2.37. The standard InChI is InChI=1S/C47H47N5O8/c1-28-16-31-10-5-7-12-39(31)51(28)46(55)35-21-41(57-3)43(23-37(35)48)59-26-29-17-30(19-33(18-29)50(2)15-9-14-45(53)54)27-60-44-24-38-36(22-42(44)58-4)47(56)52-34(25-49-38)20-32-11-6-8-13-40(32)52/h5-8,10-13,17-19,21-25,28,34H,9,14-16,20,26-27,48H2,1-4H3,(H,53,54)/t28-,34+/m1/s1. The second-order valence-corrected chi connectivity index (χ2v) is 15.3. The molecular weight excluding hydrogens is 763 g/mol. The first-order valence-electron chi connectivity index (χ1n) is 19.9. The largest absolute Gasteiger partial charge is 0.493 e. The SMILES string of the molecule is COc1cc(C(=O)N2c3ccccc3C[C@H]2C)c(N)cc1OCc1cc(COc2cc3c(cc2OC)C(=O)N2c4ccccc4C[C@H]2C=N3)cc(N(C)CCCC(=O)O)c1. The van der Waals surface area contributed by atoms with E-state index < -0.39 is 5.97 Å². The molecule has 5 aromatic carbocycles. The summed E-state index contributed by atoms with van der Waals surface area (Å²) >= 11 is 0. The summed E-state index contributed by atoms with van der Waals surface area (Å²) in [6.07, 6.45) is 3.76. The Balaban J connectivity index is 1.03. The molecule has 0 aliphatic carbocycles. The average Bonchev–Trinajstić information content (AvgIpc) is 3.75. The maximum absolute atomic E-state index is 13.9. The number of anilines is 4. The van der Waals surface area contributed by atoms with Gasteiger partial charge in [-0.15, -0.1) is 0 Å². The number of hydrogen-bond donors (Lipinski definition) is 2. The number of rotatable bonds is 14. The summed E-state index contributed by atoms with van der Waals surface area (Å²) in [6.45, 7) is 2.76. The van der Waals surface area contributed by atoms with Crippen LogP contribution in [0, 0.1) is 0 Å². The second kappa shape index (κ2) is 16.7. The Bertz CT molecular complexity index is 2520. The number of benzene rings is 5. The van der Waals surface area contributed by atoms with E-state index in [0.717, 1.165) is 45.7 Å². The minimum Gasteiger partial charge on any atom is -0.493 e. The number of para-hydroxylation sites is 2. The molecule has 8 rings (SSSR count). The molecule has 0 saturated heterocycles. The number of nitrogens with zero attached hydrogens (tertiary/aromatic N) is 4. The predicted octanol–water partition coefficient (Wildman–Crippen LogP) is 7.62. The van der Waals surface area contributed by atoms with E-state index in [1.165, 1.54) is 14.2 Å². The van der Waals surface area contributed by atoms with E-state index >= 15 is 0 Å². The lowest BCUT2D eigenvalue weighted by Crippen LogP contribution is -2.37. The van der Waals surface area contributed by atoms with Crippen LogP contribution in [0.4, 0.5) is 28.4 Å². The van der Waals surface area contributed by atoms with Gasteiger partial charge in [0.15, 0.2) is 23.0 Å². The summed E-state index contributed by atoms with van der Waals surface area (Å²) in [5.74, 6) is 0.316. The van der Waals surface area contributed by atoms with E-state index in [2.05, 4.69) is 0 Å². The Hall–Kier alpha value is -7.02. The van der Waals surface area contributed by atoms with E-state index in [-0.39, 0.29) is 49.2 Å². The van der Waals surface area contributed by atoms with Crippen LogP contribution in [-0.2, 0) is 30.8 Å². The fourth-order valence-corrected chi connectivity index (χ4v) is 8.28. The van der Waals surface area contributed by atoms with Crippen molar-refractivity contribution in [3.05, 3.63) is 124 Å². The average molecular weight is 810 g/mol. The molecule has 3 N–H and O–H groups in total. The lowest BCUT2D eigenvalue weighted by atomic mass is 10.1. The van der Waals surface area contributed by atoms with E-state index in [1.807, 2.05) is 91.8 Å². The molecule has 2 amide bonds. The van der Waals surface area contributed by atoms with E-state index in [9.17, 15) is 19.5 Å². The molecule has 5 aromatic rings. The van der Waals surface area contributed by atoms with Gasteiger partial charge in [0.2, 0.25) is 0 Å². The third-order valence-electron chi connectivity index (χ3n) is 11.3. The molecule has 0 aromatic heterocycles. The highest BCUT2D eigenvalue weighted by Crippen LogP contribution is 2.42. The van der Waals surface area contributed by atoms with Crippen molar-refractivity contribution in [3.8, 4) is 23.0 Å². The fourth-order valence-electron chi connectivity index (χ4n) is 8.28. The number of carbonyl (C=O) groups excluding carboxylic acids is 2. The molecule has 13 heteroatoms. The number of nitrogen functional groups attached to an aromatic ring is 1. The minimum atomic E-state index is -0.855. The molecule has 0 radical (unpaired) electrons. The van der Waals surface area contributed by atoms with Gasteiger partial charge in [0.1, 0.15) is 13.2 Å². The van der Waals surface area contributed by atoms with Crippen molar-refractivity contribution < 1.29 is 38.4 Å². The number of aliphatic imine (C=N–C) groups is 1. The first-order valence-corrected chi connectivity index (χ1v) is 19.9. The van der Waals surface area contributed by atoms with Gasteiger partial charge in [0.25, 0.3) is 11.8 Å². The Morgan fingerprint density at radius 1 is 0.833 bits per heavy atom. The topological polar surface area (TPSA) is 156 Å². The first kappa shape index (κ1) is 39.8. The van der Waals surface area contributed by atoms with Crippen molar-refractivity contribution in [3.63, 3.8) is 0 Å². The van der Waals surface area contributed by atoms with Gasteiger partial charge in [-0.3, -0.25) is 24.3 Å². The third kappa shape index (κ3) is 7.78. The van der Waals surface area contributed by atoms with Crippen molar-refractivity contribution >= 4 is 52.4 Å². The summed E-state index contributed by atoms with van der Waals surface area (Å²) in [5.41, 5.74) is 14.4. The maximum atomic E-state index is 13.9. The third-order valence-corrected chi connectivity index (χ3v) is 11.3. The number of aliphatic carboxylic acids is 1. The van der Waals surface area contributed by atoms with Crippen LogP contribution in [-0.4, -0.2) is 69.0 Å². The summed E-state index contributed by atoms with van der Waals surface area (Å²) < 4.78 is 24.2. The summed E-state index contributed by atoms with van der Waals surface area (Å²) in [5, 5.41) is 9.25. The number of amides is 2. The molecule has 0 bridgehead atoms. The molecule has 308 valence electrons. The minimum absolute atomic E-state index is 0.0313. The molecule has 0 saturated carbocycles. The van der Waals surface area contributed by atoms with Gasteiger partial charge < -0.3 is 39.6 Å². The van der Waals surface area contributed by atoms with Crippen LogP contribution < -0.4 is 39.4 Å². The molecule has 0 fully saturated rings. The van der Waals surface area contributed by atoms with Crippen LogP contribution >= 0.6 is 0 Å². The lowest BCUT2D eigenvalue weighted by molar-refractivity contribution is -0.137. The fraction of sp³-hybridized carbons (Fsp3) is 0.277. The van der Waals surface area contributed by atoms with E-state index in [1.54, 1.807) is 34.1 Å². The van der Waals surface area contributed by atoms with Crippen molar-refractivity contribution in [1.82, 2.24) is 0 Å². The maximum Gasteiger partial charge on any atom is 0.303 e. The van der Waals surface area contributed by atoms with Gasteiger partial charge in [0.05, 0.1) is 37.1 Å². The van der Waals surface area contributed by atoms with Gasteiger partial charge in [-0.25, -0.2) is 0 Å². The summed E-state index contributed by atoms with van der Waals surface area (Å²) in [7, 11) is 4.95. The van der Waals surface area contributed by atoms with Crippen molar-refractivity contribution in [2.24, 2.45) is 4.99 Å². The van der Waals surface area contributed by atoms with Crippen LogP contribution in [0.15, 0.2) is 96.0 Å². The number of hydrogen-bond acceptors (Lipinski definition) is 10. The Kier molecular flexibility index (Phi) is 11.1. The smallest absolute Gasteiger partial charge is 0.303 e. The molecular formula is C47H47N5O8. The summed E-state index contributed by atoms with van der Waals surface area (Å²) in [4.78, 5) is 49.4. The highest BCUT2D eigenvalue weighted by atomic mass is 16.5. The Morgan fingerprint density at radius 3 is 2.15 bits per heavy atom. The molecule has 3 aliphatic rings. The normalized spacial score (nSPS) is 16.0. The van der Waals surface area contributed by atoms with Gasteiger partial charge in [-0.2, -0.15) is 0 Å². The molecule has 3 heterocycles. The molecule has 13 nitrogen and oxygen atoms in total. The number of carbonyl (C=O) groups is 3. The van der Waals surface area contributed by atoms with Crippen LogP contribution in [0.5, 0.6) is 23.0 Å². The van der Waals surface area contributed by atoms with Crippen molar-refractivity contribution in [2.75, 3.05) is 48.2 Å². The second-order valence-electron chi connectivity index (χ2n) is 15.3. The predicted molar refractivity (Wildman–Crippen MR) is 231 cm³/mol. The number of carboxylic acid groups (broad SMARTS) is 1. The summed E-state index contributed by atoms with van der Waals surface area (Å²) in [6, 6.07) is 28.1. The number of nitrogens with two attached hydrogens (primary N) is 1. The monoisotopic (exact) mass is 809 g/mol. The van der Waals surface area contributed by atoms with Gasteiger partial charge in [-0.05, 0) is 84.5 Å². The zero-order valence-corrected chi connectivity index (χ0v) is 34.0. The zero-order chi connectivity index (χ0) is 42.1. The number of methoxy groups -OCH3 is 2. The van der Waals surface area contributed by atoms with Crippen molar-refractivity contribution in [2.45, 2.75) is 57.9 Å². The van der Waals surface area contributed by atoms with Crippen LogP contribution in [0.25, 0.3) is 0 Å². The van der Waals surface area contributed by atoms with Crippen LogP contribution in [0.3, 0.4) is 0 Å². The van der Waals surface area contributed by atoms with Gasteiger partial charge >= 0.3 is 5.97 Å². The van der Waals surface area contributed by atoms with E-state index in [0.29, 0.717) is 59.2 Å². The molecule has 2 atom stereocenters. The first-order chi connectivity index (χ1) is 29.0. The molecule has 3 aliphatic heterocycles. The number of ether oxygens (including phenoxy) is 4. The van der Waals surface area contributed by atoms with Crippen molar-refractivity contribution in [1.29, 1.82) is 0 Å². The highest BCUT2D eigenvalue weighted by molar-refractivity contribution is 6.15. The van der Waals surface area contributed by atoms with Crippen LogP contribution in [0.1, 0.15) is 62.7 Å². The quantitative estimate of drug-likeness (QED) is 0.107. The molecule has 60 heavy (non-hydrogen) atoms. The van der Waals surface area contributed by atoms with Gasteiger partial charge in [-0.1, -0.05) is 36.4 Å². The van der Waals surface area contributed by atoms with Gasteiger partial charge in [0, 0.05) is 73.6 Å². The van der Waals surface area contributed by atoms with Crippen LogP contribution in [0.2, 0.25) is 0 Å². The Morgan fingerprint density at radius 2 is 1.47 bits per heavy atom. The lowest BCUT2D eigenvalue weighted by Gasteiger charge is -2.24. The zero-order valence-electron chi connectivity index (χ0n) is 34.0. The number of carboxylic acids is 1. The molecule has 0 spiro atoms. The Labute approximate surface area is 348 Å². The molecule has 0 unspecified atom stereocenters.